The molecule has 9 nitrogen and oxygen atoms in total. The van der Waals surface area contributed by atoms with Gasteiger partial charge in [-0.3, -0.25) is 19.4 Å². The molecule has 2 aliphatic rings. The second-order valence-corrected chi connectivity index (χ2v) is 9.30. The number of hydrogen-bond donors (Lipinski definition) is 1. The van der Waals surface area contributed by atoms with Gasteiger partial charge in [0.15, 0.2) is 0 Å². The minimum Gasteiger partial charge on any atom is -0.489 e. The molecular formula is C29H25FN4O5. The Balaban J connectivity index is 1.27. The molecule has 0 bridgehead atoms. The molecule has 3 heterocycles. The van der Waals surface area contributed by atoms with Crippen LogP contribution in [0.4, 0.5) is 10.1 Å². The number of para-hydroxylation sites is 1. The molecule has 5 rings (SSSR count). The van der Waals surface area contributed by atoms with Crippen molar-refractivity contribution in [3.8, 4) is 29.1 Å². The topological polar surface area (TPSA) is 101 Å². The zero-order chi connectivity index (χ0) is 27.6. The maximum absolute atomic E-state index is 14.7. The third-order valence-electron chi connectivity index (χ3n) is 6.36. The van der Waals surface area contributed by atoms with Crippen molar-refractivity contribution in [3.05, 3.63) is 78.1 Å². The Bertz CT molecular complexity index is 1490. The van der Waals surface area contributed by atoms with Crippen molar-refractivity contribution in [1.29, 1.82) is 0 Å². The standard InChI is InChI=1S/C29H25FN4O5/c1-19(35)34-17-29(30,18-34)12-10-20-8-9-26-25(14-20)33(2)28(37)24(16-38-26)32-27(36)23-15-22(11-13-31-23)39-21-6-4-3-5-7-21/h3-9,11,13-15,24H,16-18H2,1-2H3,(H,32,36)/t24-/m1/s1. The molecule has 0 unspecified atom stereocenters. The molecule has 198 valence electrons. The van der Waals surface area contributed by atoms with Gasteiger partial charge in [-0.2, -0.15) is 0 Å². The van der Waals surface area contributed by atoms with E-state index in [1.807, 2.05) is 18.2 Å². The summed E-state index contributed by atoms with van der Waals surface area (Å²) >= 11 is 0. The largest absolute Gasteiger partial charge is 0.489 e. The zero-order valence-electron chi connectivity index (χ0n) is 21.3. The molecule has 39 heavy (non-hydrogen) atoms. The van der Waals surface area contributed by atoms with E-state index in [2.05, 4.69) is 22.1 Å². The molecule has 1 fully saturated rings. The lowest BCUT2D eigenvalue weighted by Crippen LogP contribution is -2.59. The van der Waals surface area contributed by atoms with Crippen molar-refractivity contribution in [3.63, 3.8) is 0 Å². The molecule has 1 atom stereocenters. The minimum atomic E-state index is -1.76. The first-order chi connectivity index (χ1) is 18.7. The second-order valence-electron chi connectivity index (χ2n) is 9.30. The van der Waals surface area contributed by atoms with Crippen molar-refractivity contribution < 1.29 is 28.2 Å². The lowest BCUT2D eigenvalue weighted by atomic mass is 9.96. The van der Waals surface area contributed by atoms with E-state index in [-0.39, 0.29) is 31.3 Å². The van der Waals surface area contributed by atoms with Crippen LogP contribution < -0.4 is 19.7 Å². The highest BCUT2D eigenvalue weighted by molar-refractivity contribution is 6.03. The van der Waals surface area contributed by atoms with Crippen LogP contribution in [0.2, 0.25) is 0 Å². The first-order valence-corrected chi connectivity index (χ1v) is 12.2. The van der Waals surface area contributed by atoms with Gasteiger partial charge < -0.3 is 24.6 Å². The van der Waals surface area contributed by atoms with Crippen LogP contribution in [-0.2, 0) is 9.59 Å². The highest BCUT2D eigenvalue weighted by atomic mass is 19.1. The van der Waals surface area contributed by atoms with Crippen LogP contribution in [0.25, 0.3) is 0 Å². The first kappa shape index (κ1) is 25.7. The molecule has 2 aliphatic heterocycles. The number of likely N-dealkylation sites (tertiary alicyclic amines) is 1. The quantitative estimate of drug-likeness (QED) is 0.523. The van der Waals surface area contributed by atoms with Gasteiger partial charge in [-0.15, -0.1) is 0 Å². The number of amides is 3. The van der Waals surface area contributed by atoms with E-state index < -0.39 is 23.5 Å². The molecule has 1 saturated heterocycles. The van der Waals surface area contributed by atoms with Gasteiger partial charge in [0, 0.05) is 31.8 Å². The number of carbonyl (C=O) groups is 3. The maximum Gasteiger partial charge on any atom is 0.270 e. The van der Waals surface area contributed by atoms with Crippen LogP contribution in [-0.4, -0.2) is 66.1 Å². The predicted molar refractivity (Wildman–Crippen MR) is 140 cm³/mol. The summed E-state index contributed by atoms with van der Waals surface area (Å²) in [6.45, 7) is 1.15. The van der Waals surface area contributed by atoms with Gasteiger partial charge in [0.2, 0.25) is 11.6 Å². The summed E-state index contributed by atoms with van der Waals surface area (Å²) in [7, 11) is 1.56. The number of benzene rings is 2. The van der Waals surface area contributed by atoms with Gasteiger partial charge in [-0.05, 0) is 36.4 Å². The van der Waals surface area contributed by atoms with Gasteiger partial charge in [0.1, 0.15) is 35.6 Å². The van der Waals surface area contributed by atoms with Crippen LogP contribution in [0.5, 0.6) is 17.2 Å². The van der Waals surface area contributed by atoms with Crippen molar-refractivity contribution in [2.24, 2.45) is 0 Å². The second kappa shape index (κ2) is 10.5. The Hall–Kier alpha value is -4.91. The van der Waals surface area contributed by atoms with Crippen LogP contribution in [0.1, 0.15) is 23.0 Å². The number of ether oxygens (including phenoxy) is 2. The third kappa shape index (κ3) is 5.67. The van der Waals surface area contributed by atoms with Gasteiger partial charge in [-0.1, -0.05) is 30.0 Å². The number of nitrogens with zero attached hydrogens (tertiary/aromatic N) is 3. The van der Waals surface area contributed by atoms with E-state index in [4.69, 9.17) is 9.47 Å². The van der Waals surface area contributed by atoms with Gasteiger partial charge in [-0.25, -0.2) is 4.39 Å². The normalized spacial score (nSPS) is 17.4. The fraction of sp³-hybridized carbons (Fsp3) is 0.241. The number of fused-ring (bicyclic) bond motifs is 1. The summed E-state index contributed by atoms with van der Waals surface area (Å²) in [5, 5.41) is 2.69. The fourth-order valence-electron chi connectivity index (χ4n) is 4.18. The molecule has 0 aliphatic carbocycles. The lowest BCUT2D eigenvalue weighted by Gasteiger charge is -2.40. The highest BCUT2D eigenvalue weighted by Gasteiger charge is 2.43. The van der Waals surface area contributed by atoms with Crippen LogP contribution >= 0.6 is 0 Å². The molecule has 0 spiro atoms. The summed E-state index contributed by atoms with van der Waals surface area (Å²) in [4.78, 5) is 44.4. The Morgan fingerprint density at radius 1 is 1.13 bits per heavy atom. The van der Waals surface area contributed by atoms with Crippen LogP contribution in [0.3, 0.4) is 0 Å². The Morgan fingerprint density at radius 2 is 1.90 bits per heavy atom. The van der Waals surface area contributed by atoms with Gasteiger partial charge >= 0.3 is 0 Å². The molecule has 2 aromatic carbocycles. The van der Waals surface area contributed by atoms with E-state index in [1.165, 1.54) is 29.0 Å². The number of hydrogen-bond acceptors (Lipinski definition) is 6. The molecule has 1 aromatic heterocycles. The van der Waals surface area contributed by atoms with E-state index in [9.17, 15) is 18.8 Å². The fourth-order valence-corrected chi connectivity index (χ4v) is 4.18. The highest BCUT2D eigenvalue weighted by Crippen LogP contribution is 2.32. The summed E-state index contributed by atoms with van der Waals surface area (Å²) < 4.78 is 26.3. The number of rotatable bonds is 4. The molecular weight excluding hydrogens is 503 g/mol. The summed E-state index contributed by atoms with van der Waals surface area (Å²) in [6, 6.07) is 16.2. The number of aromatic nitrogens is 1. The van der Waals surface area contributed by atoms with Crippen molar-refractivity contribution in [1.82, 2.24) is 15.2 Å². The number of carbonyl (C=O) groups excluding carboxylic acids is 3. The Morgan fingerprint density at radius 3 is 2.64 bits per heavy atom. The smallest absolute Gasteiger partial charge is 0.270 e. The number of likely N-dealkylation sites (N-methyl/N-ethyl adjacent to an activating group) is 1. The zero-order valence-corrected chi connectivity index (χ0v) is 21.3. The van der Waals surface area contributed by atoms with Crippen LogP contribution in [0.15, 0.2) is 66.9 Å². The van der Waals surface area contributed by atoms with Gasteiger partial charge in [0.05, 0.1) is 18.8 Å². The van der Waals surface area contributed by atoms with E-state index in [1.54, 1.807) is 43.4 Å². The summed E-state index contributed by atoms with van der Waals surface area (Å²) in [5.74, 6) is 5.68. The first-order valence-electron chi connectivity index (χ1n) is 12.2. The summed E-state index contributed by atoms with van der Waals surface area (Å²) in [5.41, 5.74) is -0.759. The van der Waals surface area contributed by atoms with Crippen molar-refractivity contribution in [2.45, 2.75) is 18.6 Å². The van der Waals surface area contributed by atoms with E-state index in [0.717, 1.165) is 0 Å². The number of alkyl halides is 1. The third-order valence-corrected chi connectivity index (χ3v) is 6.36. The lowest BCUT2D eigenvalue weighted by molar-refractivity contribution is -0.139. The Kier molecular flexibility index (Phi) is 6.90. The molecule has 1 N–H and O–H groups in total. The number of halogens is 1. The number of pyridine rings is 1. The SMILES string of the molecule is CC(=O)N1CC(F)(C#Cc2ccc3c(c2)N(C)C(=O)[C@H](NC(=O)c2cc(Oc4ccccc4)ccn2)CO3)C1. The molecule has 0 saturated carbocycles. The summed E-state index contributed by atoms with van der Waals surface area (Å²) in [6.07, 6.45) is 1.45. The van der Waals surface area contributed by atoms with Crippen LogP contribution in [0, 0.1) is 11.8 Å². The van der Waals surface area contributed by atoms with E-state index >= 15 is 0 Å². The monoisotopic (exact) mass is 528 g/mol. The molecule has 3 aromatic rings. The molecule has 10 heteroatoms. The predicted octanol–water partition coefficient (Wildman–Crippen LogP) is 2.95. The average Bonchev–Trinajstić information content (AvgIpc) is 3.03. The van der Waals surface area contributed by atoms with E-state index in [0.29, 0.717) is 28.5 Å². The number of anilines is 1. The van der Waals surface area contributed by atoms with Gasteiger partial charge in [0.25, 0.3) is 11.8 Å². The molecule has 3 amide bonds. The number of nitrogens with one attached hydrogen (secondary N) is 1. The minimum absolute atomic E-state index is 0.0701. The average molecular weight is 529 g/mol. The van der Waals surface area contributed by atoms with Crippen molar-refractivity contribution in [2.75, 3.05) is 31.6 Å². The van der Waals surface area contributed by atoms with Crippen molar-refractivity contribution >= 4 is 23.4 Å². The maximum atomic E-state index is 14.7. The Labute approximate surface area is 224 Å². The molecule has 0 radical (unpaired) electrons.